The Balaban J connectivity index is 1.36. The van der Waals surface area contributed by atoms with Crippen LogP contribution in [0.2, 0.25) is 0 Å². The number of carboxylic acid groups (broad SMARTS) is 1. The zero-order valence-electron chi connectivity index (χ0n) is 17.4. The Morgan fingerprint density at radius 1 is 1.22 bits per heavy atom. The third-order valence-electron chi connectivity index (χ3n) is 5.19. The first-order chi connectivity index (χ1) is 15.4. The quantitative estimate of drug-likeness (QED) is 0.652. The molecule has 0 bridgehead atoms. The van der Waals surface area contributed by atoms with E-state index in [0.717, 1.165) is 16.4 Å². The number of carbonyl (C=O) groups is 2. The summed E-state index contributed by atoms with van der Waals surface area (Å²) in [5, 5.41) is 12.8. The number of aromatic carboxylic acids is 1. The Morgan fingerprint density at radius 3 is 2.75 bits per heavy atom. The van der Waals surface area contributed by atoms with Crippen molar-refractivity contribution in [3.05, 3.63) is 71.9 Å². The zero-order chi connectivity index (χ0) is 22.7. The van der Waals surface area contributed by atoms with Gasteiger partial charge in [-0.2, -0.15) is 9.78 Å². The van der Waals surface area contributed by atoms with Gasteiger partial charge < -0.3 is 14.7 Å². The second-order valence-electron chi connectivity index (χ2n) is 7.57. The highest BCUT2D eigenvalue weighted by Crippen LogP contribution is 2.22. The summed E-state index contributed by atoms with van der Waals surface area (Å²) in [6.45, 7) is 4.44. The second kappa shape index (κ2) is 9.15. The first-order valence-corrected chi connectivity index (χ1v) is 10.1. The summed E-state index contributed by atoms with van der Waals surface area (Å²) in [6, 6.07) is 11.2. The Morgan fingerprint density at radius 2 is 2.06 bits per heavy atom. The molecule has 3 heterocycles. The maximum atomic E-state index is 13.0. The molecule has 1 amide bonds. The number of hydrogen-bond acceptors (Lipinski definition) is 6. The molecule has 10 heteroatoms. The van der Waals surface area contributed by atoms with Crippen molar-refractivity contribution in [3.63, 3.8) is 0 Å². The van der Waals surface area contributed by atoms with Crippen LogP contribution < -0.4 is 4.74 Å². The highest BCUT2D eigenvalue weighted by molar-refractivity contribution is 5.86. The molecule has 1 saturated heterocycles. The van der Waals surface area contributed by atoms with Crippen LogP contribution in [0.25, 0.3) is 0 Å². The average Bonchev–Trinajstić information content (AvgIpc) is 3.26. The Labute approximate surface area is 183 Å². The van der Waals surface area contributed by atoms with E-state index < -0.39 is 11.8 Å². The summed E-state index contributed by atoms with van der Waals surface area (Å²) in [5.41, 5.74) is 0.873. The number of halogens is 1. The van der Waals surface area contributed by atoms with Gasteiger partial charge in [0.25, 0.3) is 0 Å². The van der Waals surface area contributed by atoms with Gasteiger partial charge in [0, 0.05) is 44.5 Å². The van der Waals surface area contributed by atoms with E-state index in [-0.39, 0.29) is 17.8 Å². The van der Waals surface area contributed by atoms with Crippen LogP contribution in [0.3, 0.4) is 0 Å². The number of benzene rings is 1. The van der Waals surface area contributed by atoms with Gasteiger partial charge in [0.2, 0.25) is 5.88 Å². The Hall–Kier alpha value is -3.79. The number of hydrogen-bond donors (Lipinski definition) is 1. The molecule has 1 unspecified atom stereocenters. The predicted octanol–water partition coefficient (Wildman–Crippen LogP) is 3.08. The van der Waals surface area contributed by atoms with Crippen LogP contribution in [-0.2, 0) is 6.54 Å². The van der Waals surface area contributed by atoms with Gasteiger partial charge in [-0.1, -0.05) is 12.1 Å². The van der Waals surface area contributed by atoms with Crippen LogP contribution in [0, 0.1) is 5.82 Å². The summed E-state index contributed by atoms with van der Waals surface area (Å²) >= 11 is 0. The van der Waals surface area contributed by atoms with E-state index in [1.807, 2.05) is 31.2 Å². The summed E-state index contributed by atoms with van der Waals surface area (Å²) < 4.78 is 19.8. The molecule has 0 spiro atoms. The van der Waals surface area contributed by atoms with E-state index in [4.69, 9.17) is 9.84 Å². The number of amides is 1. The first-order valence-electron chi connectivity index (χ1n) is 10.1. The molecule has 4 rings (SSSR count). The topological polar surface area (TPSA) is 101 Å². The SMILES string of the molecule is CC1CN(Cc2cccc(Oc3ccc(F)cn3)c2)CCN1C(=O)n1ccc(C(=O)O)n1. The minimum absolute atomic E-state index is 0.0726. The predicted molar refractivity (Wildman–Crippen MR) is 112 cm³/mol. The van der Waals surface area contributed by atoms with Crippen molar-refractivity contribution in [3.8, 4) is 11.6 Å². The molecular weight excluding hydrogens is 417 g/mol. The maximum absolute atomic E-state index is 13.0. The zero-order valence-corrected chi connectivity index (χ0v) is 17.4. The van der Waals surface area contributed by atoms with E-state index in [0.29, 0.717) is 37.8 Å². The van der Waals surface area contributed by atoms with Crippen molar-refractivity contribution in [2.24, 2.45) is 0 Å². The van der Waals surface area contributed by atoms with E-state index in [1.54, 1.807) is 4.90 Å². The van der Waals surface area contributed by atoms with E-state index in [9.17, 15) is 14.0 Å². The van der Waals surface area contributed by atoms with Crippen molar-refractivity contribution in [1.29, 1.82) is 0 Å². The molecule has 1 N–H and O–H groups in total. The van der Waals surface area contributed by atoms with Crippen molar-refractivity contribution >= 4 is 12.0 Å². The van der Waals surface area contributed by atoms with Crippen LogP contribution in [-0.4, -0.2) is 67.3 Å². The van der Waals surface area contributed by atoms with E-state index in [1.165, 1.54) is 24.4 Å². The van der Waals surface area contributed by atoms with Crippen LogP contribution in [0.15, 0.2) is 54.9 Å². The number of ether oxygens (including phenoxy) is 1. The molecule has 1 aliphatic rings. The molecule has 1 fully saturated rings. The lowest BCUT2D eigenvalue weighted by atomic mass is 10.1. The summed E-state index contributed by atoms with van der Waals surface area (Å²) in [7, 11) is 0. The fourth-order valence-corrected chi connectivity index (χ4v) is 3.65. The lowest BCUT2D eigenvalue weighted by Gasteiger charge is -2.39. The molecule has 32 heavy (non-hydrogen) atoms. The van der Waals surface area contributed by atoms with Gasteiger partial charge in [0.15, 0.2) is 5.69 Å². The molecular formula is C22H22FN5O4. The number of aromatic nitrogens is 3. The molecule has 2 aromatic heterocycles. The molecule has 0 aliphatic carbocycles. The monoisotopic (exact) mass is 439 g/mol. The number of pyridine rings is 1. The lowest BCUT2D eigenvalue weighted by molar-refractivity contribution is 0.0689. The molecule has 9 nitrogen and oxygen atoms in total. The lowest BCUT2D eigenvalue weighted by Crippen LogP contribution is -2.54. The first kappa shape index (κ1) is 21.4. The normalized spacial score (nSPS) is 16.7. The molecule has 1 atom stereocenters. The van der Waals surface area contributed by atoms with Crippen LogP contribution in [0.5, 0.6) is 11.6 Å². The fraction of sp³-hybridized carbons (Fsp3) is 0.273. The van der Waals surface area contributed by atoms with Gasteiger partial charge in [0.1, 0.15) is 11.6 Å². The number of nitrogens with zero attached hydrogens (tertiary/aromatic N) is 5. The number of rotatable bonds is 5. The summed E-state index contributed by atoms with van der Waals surface area (Å²) in [6.07, 6.45) is 2.47. The largest absolute Gasteiger partial charge is 0.476 e. The molecule has 0 saturated carbocycles. The van der Waals surface area contributed by atoms with Crippen molar-refractivity contribution in [1.82, 2.24) is 24.6 Å². The van der Waals surface area contributed by atoms with Crippen LogP contribution in [0.4, 0.5) is 9.18 Å². The van der Waals surface area contributed by atoms with Crippen molar-refractivity contribution in [2.75, 3.05) is 19.6 Å². The number of carbonyl (C=O) groups excluding carboxylic acids is 1. The third kappa shape index (κ3) is 4.92. The minimum atomic E-state index is -1.17. The Bertz CT molecular complexity index is 1120. The highest BCUT2D eigenvalue weighted by atomic mass is 19.1. The van der Waals surface area contributed by atoms with Crippen LogP contribution >= 0.6 is 0 Å². The van der Waals surface area contributed by atoms with Gasteiger partial charge in [0.05, 0.1) is 6.20 Å². The van der Waals surface area contributed by atoms with Gasteiger partial charge in [-0.3, -0.25) is 4.90 Å². The number of carboxylic acids is 1. The van der Waals surface area contributed by atoms with Crippen molar-refractivity contribution in [2.45, 2.75) is 19.5 Å². The third-order valence-corrected chi connectivity index (χ3v) is 5.19. The maximum Gasteiger partial charge on any atom is 0.356 e. The smallest absolute Gasteiger partial charge is 0.356 e. The van der Waals surface area contributed by atoms with Gasteiger partial charge >= 0.3 is 12.0 Å². The van der Waals surface area contributed by atoms with Gasteiger partial charge in [-0.15, -0.1) is 0 Å². The summed E-state index contributed by atoms with van der Waals surface area (Å²) in [4.78, 5) is 31.5. The standard InChI is InChI=1S/C22H22FN5O4/c1-15-13-26(9-10-27(15)22(31)28-8-7-19(25-28)21(29)30)14-16-3-2-4-18(11-16)32-20-6-5-17(23)12-24-20/h2-8,11-12,15H,9-10,13-14H2,1H3,(H,29,30). The van der Waals surface area contributed by atoms with Crippen molar-refractivity contribution < 1.29 is 23.8 Å². The van der Waals surface area contributed by atoms with Gasteiger partial charge in [-0.05, 0) is 36.8 Å². The van der Waals surface area contributed by atoms with Crippen LogP contribution in [0.1, 0.15) is 23.0 Å². The number of piperazine rings is 1. The molecule has 1 aromatic carbocycles. The summed E-state index contributed by atoms with van der Waals surface area (Å²) in [5.74, 6) is -0.672. The average molecular weight is 439 g/mol. The molecule has 0 radical (unpaired) electrons. The highest BCUT2D eigenvalue weighted by Gasteiger charge is 2.29. The van der Waals surface area contributed by atoms with E-state index >= 15 is 0 Å². The van der Waals surface area contributed by atoms with E-state index in [2.05, 4.69) is 15.0 Å². The fourth-order valence-electron chi connectivity index (χ4n) is 3.65. The molecule has 1 aliphatic heterocycles. The Kier molecular flexibility index (Phi) is 6.13. The molecule has 166 valence electrons. The second-order valence-corrected chi connectivity index (χ2v) is 7.57. The van der Waals surface area contributed by atoms with Gasteiger partial charge in [-0.25, -0.2) is 19.0 Å². The molecule has 3 aromatic rings. The minimum Gasteiger partial charge on any atom is -0.476 e.